The Balaban J connectivity index is 1.74. The smallest absolute Gasteiger partial charge is 0.337 e. The topological polar surface area (TPSA) is 99.0 Å². The highest BCUT2D eigenvalue weighted by atomic mass is 16.5. The Morgan fingerprint density at radius 2 is 1.88 bits per heavy atom. The van der Waals surface area contributed by atoms with Crippen LogP contribution < -0.4 is 5.32 Å². The van der Waals surface area contributed by atoms with Crippen LogP contribution in [0, 0.1) is 0 Å². The third-order valence-electron chi connectivity index (χ3n) is 3.28. The number of rotatable bonds is 4. The maximum absolute atomic E-state index is 12.3. The van der Waals surface area contributed by atoms with E-state index in [0.717, 1.165) is 5.69 Å². The Bertz CT molecular complexity index is 860. The lowest BCUT2D eigenvalue weighted by atomic mass is 10.1. The number of hydrogen-bond donors (Lipinski definition) is 1. The van der Waals surface area contributed by atoms with Crippen molar-refractivity contribution < 1.29 is 14.3 Å². The largest absolute Gasteiger partial charge is 0.465 e. The fourth-order valence-electron chi connectivity index (χ4n) is 2.09. The minimum atomic E-state index is -0.461. The summed E-state index contributed by atoms with van der Waals surface area (Å²) in [6.45, 7) is 0. The summed E-state index contributed by atoms with van der Waals surface area (Å²) in [7, 11) is 1.31. The molecule has 0 aliphatic carbocycles. The molecule has 0 aliphatic heterocycles. The normalized spacial score (nSPS) is 10.2. The van der Waals surface area contributed by atoms with Gasteiger partial charge in [0.25, 0.3) is 5.91 Å². The van der Waals surface area contributed by atoms with Crippen molar-refractivity contribution in [3.8, 4) is 5.69 Å². The molecule has 0 radical (unpaired) electrons. The molecule has 0 atom stereocenters. The van der Waals surface area contributed by atoms with E-state index in [1.54, 1.807) is 48.5 Å². The summed E-state index contributed by atoms with van der Waals surface area (Å²) in [5.74, 6) is -0.753. The Morgan fingerprint density at radius 1 is 1.08 bits per heavy atom. The van der Waals surface area contributed by atoms with Crippen LogP contribution in [0.1, 0.15) is 20.7 Å². The lowest BCUT2D eigenvalue weighted by Gasteiger charge is -2.07. The molecule has 8 nitrogen and oxygen atoms in total. The molecule has 120 valence electrons. The second-order valence-corrected chi connectivity index (χ2v) is 4.83. The maximum atomic E-state index is 12.3. The van der Waals surface area contributed by atoms with Gasteiger partial charge in [-0.2, -0.15) is 0 Å². The van der Waals surface area contributed by atoms with Crippen LogP contribution in [0.5, 0.6) is 0 Å². The van der Waals surface area contributed by atoms with E-state index < -0.39 is 5.97 Å². The zero-order valence-electron chi connectivity index (χ0n) is 12.7. The number of methoxy groups -OCH3 is 1. The average molecular weight is 323 g/mol. The number of benzene rings is 2. The molecule has 24 heavy (non-hydrogen) atoms. The number of nitrogens with one attached hydrogen (secondary N) is 1. The SMILES string of the molecule is COC(=O)c1cccc(NC(=O)c2ccc(-n3cnnn3)cc2)c1. The number of carbonyl (C=O) groups excluding carboxylic acids is 2. The van der Waals surface area contributed by atoms with E-state index in [9.17, 15) is 9.59 Å². The number of carbonyl (C=O) groups is 2. The number of aromatic nitrogens is 4. The zero-order valence-corrected chi connectivity index (χ0v) is 12.7. The summed E-state index contributed by atoms with van der Waals surface area (Å²) in [6.07, 6.45) is 1.47. The van der Waals surface area contributed by atoms with E-state index in [1.807, 2.05) is 0 Å². The predicted octanol–water partition coefficient (Wildman–Crippen LogP) is 1.70. The summed E-state index contributed by atoms with van der Waals surface area (Å²) in [6, 6.07) is 13.3. The minimum absolute atomic E-state index is 0.291. The molecular weight excluding hydrogens is 310 g/mol. The van der Waals surface area contributed by atoms with Crippen molar-refractivity contribution in [3.05, 3.63) is 66.0 Å². The van der Waals surface area contributed by atoms with E-state index in [4.69, 9.17) is 0 Å². The third kappa shape index (κ3) is 3.27. The maximum Gasteiger partial charge on any atom is 0.337 e. The summed E-state index contributed by atoms with van der Waals surface area (Å²) < 4.78 is 6.15. The monoisotopic (exact) mass is 323 g/mol. The fourth-order valence-corrected chi connectivity index (χ4v) is 2.09. The molecule has 0 fully saturated rings. The van der Waals surface area contributed by atoms with Crippen LogP contribution >= 0.6 is 0 Å². The predicted molar refractivity (Wildman–Crippen MR) is 84.9 cm³/mol. The Labute approximate surface area is 137 Å². The first-order chi connectivity index (χ1) is 11.7. The number of tetrazole rings is 1. The molecule has 0 aliphatic rings. The van der Waals surface area contributed by atoms with Gasteiger partial charge >= 0.3 is 5.97 Å². The molecule has 0 unspecified atom stereocenters. The average Bonchev–Trinajstić information content (AvgIpc) is 3.16. The second kappa shape index (κ2) is 6.69. The Kier molecular flexibility index (Phi) is 4.28. The number of esters is 1. The van der Waals surface area contributed by atoms with Crippen LogP contribution in [0.4, 0.5) is 5.69 Å². The van der Waals surface area contributed by atoms with E-state index in [1.165, 1.54) is 18.1 Å². The van der Waals surface area contributed by atoms with Gasteiger partial charge in [-0.1, -0.05) is 6.07 Å². The first-order valence-corrected chi connectivity index (χ1v) is 7.00. The molecule has 1 N–H and O–H groups in total. The number of nitrogens with zero attached hydrogens (tertiary/aromatic N) is 4. The zero-order chi connectivity index (χ0) is 16.9. The van der Waals surface area contributed by atoms with Gasteiger partial charge in [0.05, 0.1) is 18.4 Å². The highest BCUT2D eigenvalue weighted by Crippen LogP contribution is 2.14. The van der Waals surface area contributed by atoms with Crippen LogP contribution in [0.25, 0.3) is 5.69 Å². The van der Waals surface area contributed by atoms with E-state index >= 15 is 0 Å². The van der Waals surface area contributed by atoms with Gasteiger partial charge in [-0.25, -0.2) is 9.48 Å². The molecule has 1 amide bonds. The molecular formula is C16H13N5O3. The Morgan fingerprint density at radius 3 is 2.54 bits per heavy atom. The molecule has 2 aromatic carbocycles. The highest BCUT2D eigenvalue weighted by Gasteiger charge is 2.10. The molecule has 0 spiro atoms. The molecule has 3 aromatic rings. The van der Waals surface area contributed by atoms with Gasteiger partial charge in [0.2, 0.25) is 0 Å². The van der Waals surface area contributed by atoms with Crippen molar-refractivity contribution in [1.29, 1.82) is 0 Å². The van der Waals surface area contributed by atoms with Crippen molar-refractivity contribution in [2.45, 2.75) is 0 Å². The molecule has 0 saturated carbocycles. The van der Waals surface area contributed by atoms with Gasteiger partial charge in [0.15, 0.2) is 0 Å². The first-order valence-electron chi connectivity index (χ1n) is 7.00. The fraction of sp³-hybridized carbons (Fsp3) is 0.0625. The summed E-state index contributed by atoms with van der Waals surface area (Å²) >= 11 is 0. The van der Waals surface area contributed by atoms with Gasteiger partial charge in [0, 0.05) is 11.3 Å². The van der Waals surface area contributed by atoms with Crippen LogP contribution in [-0.4, -0.2) is 39.2 Å². The van der Waals surface area contributed by atoms with Crippen molar-refractivity contribution in [1.82, 2.24) is 20.2 Å². The quantitative estimate of drug-likeness (QED) is 0.734. The molecule has 1 aromatic heterocycles. The molecule has 0 bridgehead atoms. The van der Waals surface area contributed by atoms with Crippen LogP contribution in [0.15, 0.2) is 54.9 Å². The van der Waals surface area contributed by atoms with Crippen molar-refractivity contribution in [2.75, 3.05) is 12.4 Å². The summed E-state index contributed by atoms with van der Waals surface area (Å²) in [4.78, 5) is 23.8. The second-order valence-electron chi connectivity index (χ2n) is 4.83. The van der Waals surface area contributed by atoms with Gasteiger partial charge in [-0.15, -0.1) is 5.10 Å². The van der Waals surface area contributed by atoms with Crippen LogP contribution in [0.2, 0.25) is 0 Å². The van der Waals surface area contributed by atoms with Crippen molar-refractivity contribution >= 4 is 17.6 Å². The van der Waals surface area contributed by atoms with Crippen molar-refractivity contribution in [2.24, 2.45) is 0 Å². The number of anilines is 1. The lowest BCUT2D eigenvalue weighted by molar-refractivity contribution is 0.0600. The summed E-state index contributed by atoms with van der Waals surface area (Å²) in [5.41, 5.74) is 2.08. The molecule has 0 saturated heterocycles. The summed E-state index contributed by atoms with van der Waals surface area (Å²) in [5, 5.41) is 13.6. The Hall–Kier alpha value is -3.55. The number of hydrogen-bond acceptors (Lipinski definition) is 6. The number of amides is 1. The van der Waals surface area contributed by atoms with Gasteiger partial charge < -0.3 is 10.1 Å². The minimum Gasteiger partial charge on any atom is -0.465 e. The van der Waals surface area contributed by atoms with E-state index in [-0.39, 0.29) is 5.91 Å². The van der Waals surface area contributed by atoms with E-state index in [0.29, 0.717) is 16.8 Å². The standard InChI is InChI=1S/C16H13N5O3/c1-24-16(23)12-3-2-4-13(9-12)18-15(22)11-5-7-14(8-6-11)21-10-17-19-20-21/h2-10H,1H3,(H,18,22). The van der Waals surface area contributed by atoms with E-state index in [2.05, 4.69) is 25.6 Å². The van der Waals surface area contributed by atoms with Crippen LogP contribution in [0.3, 0.4) is 0 Å². The molecule has 3 rings (SSSR count). The van der Waals surface area contributed by atoms with Gasteiger partial charge in [0.1, 0.15) is 6.33 Å². The van der Waals surface area contributed by atoms with Gasteiger partial charge in [-0.3, -0.25) is 4.79 Å². The molecule has 8 heteroatoms. The number of ether oxygens (including phenoxy) is 1. The van der Waals surface area contributed by atoms with Crippen LogP contribution in [-0.2, 0) is 4.74 Å². The third-order valence-corrected chi connectivity index (χ3v) is 3.28. The first kappa shape index (κ1) is 15.3. The van der Waals surface area contributed by atoms with Gasteiger partial charge in [-0.05, 0) is 52.9 Å². The highest BCUT2D eigenvalue weighted by molar-refractivity contribution is 6.05. The lowest BCUT2D eigenvalue weighted by Crippen LogP contribution is -2.12. The van der Waals surface area contributed by atoms with Crippen molar-refractivity contribution in [3.63, 3.8) is 0 Å². The molecule has 1 heterocycles.